The van der Waals surface area contributed by atoms with E-state index in [-0.39, 0.29) is 5.91 Å². The highest BCUT2D eigenvalue weighted by atomic mass is 16.4. The highest BCUT2D eigenvalue weighted by Crippen LogP contribution is 2.58. The van der Waals surface area contributed by atoms with E-state index in [2.05, 4.69) is 17.2 Å². The summed E-state index contributed by atoms with van der Waals surface area (Å²) in [5, 5.41) is 11.6. The lowest BCUT2D eigenvalue weighted by atomic mass is 10.1. The van der Waals surface area contributed by atoms with Gasteiger partial charge in [0.2, 0.25) is 5.91 Å². The second kappa shape index (κ2) is 4.56. The number of carbonyl (C=O) groups is 2. The molecule has 0 spiro atoms. The lowest BCUT2D eigenvalue weighted by molar-refractivity contribution is -0.140. The summed E-state index contributed by atoms with van der Waals surface area (Å²) in [4.78, 5) is 22.5. The highest BCUT2D eigenvalue weighted by Gasteiger charge is 2.65. The molecule has 0 unspecified atom stereocenters. The molecule has 88 valence electrons. The highest BCUT2D eigenvalue weighted by molar-refractivity contribution is 5.91. The van der Waals surface area contributed by atoms with Gasteiger partial charge in [-0.15, -0.1) is 11.8 Å². The number of nitrogens with one attached hydrogen (secondary N) is 1. The van der Waals surface area contributed by atoms with Crippen molar-refractivity contribution in [1.82, 2.24) is 5.32 Å². The smallest absolute Gasteiger partial charge is 0.307 e. The van der Waals surface area contributed by atoms with Crippen LogP contribution in [0.4, 0.5) is 0 Å². The lowest BCUT2D eigenvalue weighted by Gasteiger charge is -2.03. The van der Waals surface area contributed by atoms with Crippen molar-refractivity contribution in [2.24, 2.45) is 17.3 Å². The molecule has 2 N–H and O–H groups in total. The molecule has 0 aromatic carbocycles. The first-order chi connectivity index (χ1) is 7.42. The fraction of sp³-hybridized carbons (Fsp3) is 0.667. The number of carbonyl (C=O) groups excluding carboxylic acids is 1. The van der Waals surface area contributed by atoms with Crippen molar-refractivity contribution in [2.75, 3.05) is 6.54 Å². The van der Waals surface area contributed by atoms with Gasteiger partial charge in [-0.05, 0) is 12.3 Å². The molecular formula is C12H17NO3. The second-order valence-electron chi connectivity index (χ2n) is 4.58. The van der Waals surface area contributed by atoms with Gasteiger partial charge in [0.05, 0.1) is 11.8 Å². The Kier molecular flexibility index (Phi) is 3.58. The number of hydrogen-bond acceptors (Lipinski definition) is 2. The van der Waals surface area contributed by atoms with Gasteiger partial charge in [0.15, 0.2) is 0 Å². The molecule has 0 bridgehead atoms. The van der Waals surface area contributed by atoms with E-state index in [1.165, 1.54) is 0 Å². The number of hydrogen-bond donors (Lipinski definition) is 2. The van der Waals surface area contributed by atoms with Crippen molar-refractivity contribution in [1.29, 1.82) is 0 Å². The van der Waals surface area contributed by atoms with Crippen molar-refractivity contribution >= 4 is 11.9 Å². The minimum atomic E-state index is -0.890. The van der Waals surface area contributed by atoms with Crippen molar-refractivity contribution in [2.45, 2.75) is 27.2 Å². The van der Waals surface area contributed by atoms with Gasteiger partial charge in [0.1, 0.15) is 0 Å². The number of rotatable bonds is 4. The Hall–Kier alpha value is -1.50. The molecule has 4 heteroatoms. The van der Waals surface area contributed by atoms with E-state index in [9.17, 15) is 9.59 Å². The molecule has 2 atom stereocenters. The van der Waals surface area contributed by atoms with Crippen LogP contribution in [0, 0.1) is 29.1 Å². The third kappa shape index (κ3) is 2.35. The van der Waals surface area contributed by atoms with Crippen LogP contribution in [0.25, 0.3) is 0 Å². The monoisotopic (exact) mass is 223 g/mol. The standard InChI is InChI=1S/C12H17NO3/c1-4-5-6-7-13-10(14)8-9(11(15)16)12(8,2)3/h8-9H,6-7H2,1-3H3,(H,13,14)(H,15,16)/t8-,9+/m1/s1. The third-order valence-corrected chi connectivity index (χ3v) is 3.10. The van der Waals surface area contributed by atoms with E-state index in [1.54, 1.807) is 6.92 Å². The molecule has 0 aromatic heterocycles. The van der Waals surface area contributed by atoms with Crippen LogP contribution >= 0.6 is 0 Å². The molecule has 1 amide bonds. The molecular weight excluding hydrogens is 206 g/mol. The predicted octanol–water partition coefficient (Wildman–Crippen LogP) is 0.873. The topological polar surface area (TPSA) is 66.4 Å². The summed E-state index contributed by atoms with van der Waals surface area (Å²) < 4.78 is 0. The lowest BCUT2D eigenvalue weighted by Crippen LogP contribution is -2.28. The van der Waals surface area contributed by atoms with Crippen LogP contribution in [0.2, 0.25) is 0 Å². The summed E-state index contributed by atoms with van der Waals surface area (Å²) in [6.07, 6.45) is 0.604. The summed E-state index contributed by atoms with van der Waals surface area (Å²) in [7, 11) is 0. The maximum absolute atomic E-state index is 11.7. The van der Waals surface area contributed by atoms with Gasteiger partial charge in [-0.25, -0.2) is 0 Å². The summed E-state index contributed by atoms with van der Waals surface area (Å²) in [5.41, 5.74) is -0.424. The van der Waals surface area contributed by atoms with Crippen LogP contribution in [0.3, 0.4) is 0 Å². The average molecular weight is 223 g/mol. The van der Waals surface area contributed by atoms with Crippen LogP contribution < -0.4 is 5.32 Å². The van der Waals surface area contributed by atoms with E-state index >= 15 is 0 Å². The van der Waals surface area contributed by atoms with E-state index in [0.29, 0.717) is 13.0 Å². The largest absolute Gasteiger partial charge is 0.481 e. The summed E-state index contributed by atoms with van der Waals surface area (Å²) in [6.45, 7) is 5.84. The zero-order valence-corrected chi connectivity index (χ0v) is 9.83. The summed E-state index contributed by atoms with van der Waals surface area (Å²) in [5.74, 6) is 3.56. The first-order valence-corrected chi connectivity index (χ1v) is 5.33. The van der Waals surface area contributed by atoms with Gasteiger partial charge in [-0.2, -0.15) is 0 Å². The third-order valence-electron chi connectivity index (χ3n) is 3.10. The number of aliphatic carboxylic acids is 1. The molecule has 0 radical (unpaired) electrons. The zero-order chi connectivity index (χ0) is 12.3. The number of carboxylic acid groups (broad SMARTS) is 1. The quantitative estimate of drug-likeness (QED) is 0.549. The van der Waals surface area contributed by atoms with E-state index < -0.39 is 23.2 Å². The minimum absolute atomic E-state index is 0.171. The Balaban J connectivity index is 2.44. The normalized spacial score (nSPS) is 25.2. The molecule has 0 heterocycles. The Morgan fingerprint density at radius 1 is 1.38 bits per heavy atom. The molecule has 1 saturated carbocycles. The Morgan fingerprint density at radius 3 is 2.44 bits per heavy atom. The van der Waals surface area contributed by atoms with Crippen molar-refractivity contribution in [3.05, 3.63) is 0 Å². The van der Waals surface area contributed by atoms with Crippen LogP contribution in [-0.4, -0.2) is 23.5 Å². The van der Waals surface area contributed by atoms with E-state index in [4.69, 9.17) is 5.11 Å². The maximum Gasteiger partial charge on any atom is 0.307 e. The van der Waals surface area contributed by atoms with Crippen LogP contribution in [-0.2, 0) is 9.59 Å². The number of amides is 1. The molecule has 0 aliphatic heterocycles. The van der Waals surface area contributed by atoms with Gasteiger partial charge in [0, 0.05) is 13.0 Å². The molecule has 0 aromatic rings. The van der Waals surface area contributed by atoms with Crippen molar-refractivity contribution in [3.63, 3.8) is 0 Å². The molecule has 1 rings (SSSR count). The second-order valence-corrected chi connectivity index (χ2v) is 4.58. The fourth-order valence-electron chi connectivity index (χ4n) is 2.07. The first-order valence-electron chi connectivity index (χ1n) is 5.33. The van der Waals surface area contributed by atoms with Gasteiger partial charge in [0.25, 0.3) is 0 Å². The molecule has 1 aliphatic rings. The first kappa shape index (κ1) is 12.6. The molecule has 1 fully saturated rings. The Bertz CT molecular complexity index is 362. The average Bonchev–Trinajstić information content (AvgIpc) is 2.76. The van der Waals surface area contributed by atoms with Gasteiger partial charge >= 0.3 is 5.97 Å². The molecule has 16 heavy (non-hydrogen) atoms. The van der Waals surface area contributed by atoms with Crippen molar-refractivity contribution < 1.29 is 14.7 Å². The van der Waals surface area contributed by atoms with E-state index in [0.717, 1.165) is 0 Å². The number of carboxylic acids is 1. The van der Waals surface area contributed by atoms with E-state index in [1.807, 2.05) is 13.8 Å². The summed E-state index contributed by atoms with van der Waals surface area (Å²) >= 11 is 0. The fourth-order valence-corrected chi connectivity index (χ4v) is 2.07. The van der Waals surface area contributed by atoms with Crippen LogP contribution in [0.15, 0.2) is 0 Å². The Morgan fingerprint density at radius 2 is 2.00 bits per heavy atom. The Labute approximate surface area is 95.4 Å². The van der Waals surface area contributed by atoms with Crippen molar-refractivity contribution in [3.8, 4) is 11.8 Å². The molecule has 1 aliphatic carbocycles. The zero-order valence-electron chi connectivity index (χ0n) is 9.83. The van der Waals surface area contributed by atoms with Gasteiger partial charge in [-0.1, -0.05) is 13.8 Å². The van der Waals surface area contributed by atoms with Crippen LogP contribution in [0.1, 0.15) is 27.2 Å². The SMILES string of the molecule is CC#CCCNC(=O)[C@H]1[C@@H](C(=O)O)C1(C)C. The maximum atomic E-state index is 11.7. The molecule has 4 nitrogen and oxygen atoms in total. The summed E-state index contributed by atoms with van der Waals surface area (Å²) in [6, 6.07) is 0. The molecule has 0 saturated heterocycles. The van der Waals surface area contributed by atoms with Crippen LogP contribution in [0.5, 0.6) is 0 Å². The minimum Gasteiger partial charge on any atom is -0.481 e. The van der Waals surface area contributed by atoms with Gasteiger partial charge in [-0.3, -0.25) is 9.59 Å². The van der Waals surface area contributed by atoms with Gasteiger partial charge < -0.3 is 10.4 Å². The predicted molar refractivity (Wildman–Crippen MR) is 59.5 cm³/mol.